The second-order valence-electron chi connectivity index (χ2n) is 7.38. The summed E-state index contributed by atoms with van der Waals surface area (Å²) >= 11 is 0. The van der Waals surface area contributed by atoms with E-state index < -0.39 is 0 Å². The van der Waals surface area contributed by atoms with E-state index in [-0.39, 0.29) is 23.9 Å². The summed E-state index contributed by atoms with van der Waals surface area (Å²) in [6.07, 6.45) is 2.28. The summed E-state index contributed by atoms with van der Waals surface area (Å²) in [5.41, 5.74) is 2.13. The lowest BCUT2D eigenvalue weighted by Gasteiger charge is -2.39. The summed E-state index contributed by atoms with van der Waals surface area (Å²) in [4.78, 5) is 28.6. The molecule has 1 fully saturated rings. The molecule has 3 unspecified atom stereocenters. The van der Waals surface area contributed by atoms with E-state index in [1.807, 2.05) is 43.1 Å². The summed E-state index contributed by atoms with van der Waals surface area (Å²) in [6, 6.07) is 8.47. The van der Waals surface area contributed by atoms with Gasteiger partial charge in [0.1, 0.15) is 0 Å². The van der Waals surface area contributed by atoms with Crippen LogP contribution in [0.3, 0.4) is 0 Å². The Morgan fingerprint density at radius 1 is 1.32 bits per heavy atom. The highest BCUT2D eigenvalue weighted by atomic mass is 16.2. The lowest BCUT2D eigenvalue weighted by Crippen LogP contribution is -2.48. The minimum absolute atomic E-state index is 0.0843. The molecule has 5 nitrogen and oxygen atoms in total. The molecule has 2 amide bonds. The zero-order chi connectivity index (χ0) is 18.6. The molecule has 3 atom stereocenters. The highest BCUT2D eigenvalue weighted by Gasteiger charge is 2.29. The molecular formula is C20H31N3O2. The largest absolute Gasteiger partial charge is 0.349 e. The van der Waals surface area contributed by atoms with Crippen molar-refractivity contribution in [1.82, 2.24) is 15.1 Å². The number of aryl methyl sites for hydroxylation is 1. The highest BCUT2D eigenvalue weighted by Crippen LogP contribution is 2.23. The van der Waals surface area contributed by atoms with Crippen molar-refractivity contribution in [3.63, 3.8) is 0 Å². The van der Waals surface area contributed by atoms with Gasteiger partial charge in [-0.3, -0.25) is 9.59 Å². The van der Waals surface area contributed by atoms with Crippen LogP contribution in [0.15, 0.2) is 24.3 Å². The summed E-state index contributed by atoms with van der Waals surface area (Å²) in [7, 11) is 4.03. The SMILES string of the molecule is CC(=O)NC(CC(=O)N(C)C1CCN(C)C(C)C1)c1ccc(C)cc1. The summed E-state index contributed by atoms with van der Waals surface area (Å²) in [5, 5.41) is 2.93. The molecule has 5 heteroatoms. The Labute approximate surface area is 151 Å². The minimum atomic E-state index is -0.281. The summed E-state index contributed by atoms with van der Waals surface area (Å²) in [6.45, 7) is 6.73. The number of hydrogen-bond donors (Lipinski definition) is 1. The maximum Gasteiger partial charge on any atom is 0.224 e. The molecular weight excluding hydrogens is 314 g/mol. The average Bonchev–Trinajstić information content (AvgIpc) is 2.56. The van der Waals surface area contributed by atoms with E-state index in [1.165, 1.54) is 6.92 Å². The van der Waals surface area contributed by atoms with E-state index in [1.54, 1.807) is 0 Å². The fourth-order valence-corrected chi connectivity index (χ4v) is 3.43. The Bertz CT molecular complexity index is 599. The molecule has 1 aromatic rings. The molecule has 0 spiro atoms. The van der Waals surface area contributed by atoms with Crippen LogP contribution in [-0.2, 0) is 9.59 Å². The lowest BCUT2D eigenvalue weighted by atomic mass is 9.96. The molecule has 1 saturated heterocycles. The first-order chi connectivity index (χ1) is 11.8. The lowest BCUT2D eigenvalue weighted by molar-refractivity contribution is -0.134. The number of amides is 2. The number of benzene rings is 1. The Balaban J connectivity index is 2.05. The number of piperidine rings is 1. The molecule has 0 aliphatic carbocycles. The number of rotatable bonds is 5. The monoisotopic (exact) mass is 345 g/mol. The van der Waals surface area contributed by atoms with Crippen LogP contribution in [0.4, 0.5) is 0 Å². The third-order valence-electron chi connectivity index (χ3n) is 5.36. The van der Waals surface area contributed by atoms with Crippen molar-refractivity contribution in [3.8, 4) is 0 Å². The minimum Gasteiger partial charge on any atom is -0.349 e. The summed E-state index contributed by atoms with van der Waals surface area (Å²) < 4.78 is 0. The number of carbonyl (C=O) groups is 2. The van der Waals surface area contributed by atoms with E-state index >= 15 is 0 Å². The molecule has 0 saturated carbocycles. The first-order valence-corrected chi connectivity index (χ1v) is 9.07. The molecule has 0 bridgehead atoms. The number of hydrogen-bond acceptors (Lipinski definition) is 3. The normalized spacial score (nSPS) is 22.3. The molecule has 138 valence electrons. The van der Waals surface area contributed by atoms with Gasteiger partial charge in [0.2, 0.25) is 11.8 Å². The van der Waals surface area contributed by atoms with Gasteiger partial charge < -0.3 is 15.1 Å². The van der Waals surface area contributed by atoms with E-state index in [0.717, 1.165) is 30.5 Å². The van der Waals surface area contributed by atoms with E-state index in [0.29, 0.717) is 12.5 Å². The number of likely N-dealkylation sites (tertiary alicyclic amines) is 1. The Morgan fingerprint density at radius 2 is 1.96 bits per heavy atom. The van der Waals surface area contributed by atoms with E-state index in [2.05, 4.69) is 24.2 Å². The first-order valence-electron chi connectivity index (χ1n) is 9.07. The number of nitrogens with one attached hydrogen (secondary N) is 1. The van der Waals surface area contributed by atoms with Crippen LogP contribution < -0.4 is 5.32 Å². The van der Waals surface area contributed by atoms with Crippen LogP contribution in [0.2, 0.25) is 0 Å². The third kappa shape index (κ3) is 5.30. The fraction of sp³-hybridized carbons (Fsp3) is 0.600. The maximum absolute atomic E-state index is 12.8. The number of nitrogens with zero attached hydrogens (tertiary/aromatic N) is 2. The van der Waals surface area contributed by atoms with Gasteiger partial charge in [-0.1, -0.05) is 29.8 Å². The van der Waals surface area contributed by atoms with Gasteiger partial charge in [0.25, 0.3) is 0 Å². The molecule has 1 aliphatic heterocycles. The molecule has 0 radical (unpaired) electrons. The molecule has 1 heterocycles. The smallest absolute Gasteiger partial charge is 0.224 e. The predicted molar refractivity (Wildman–Crippen MR) is 100 cm³/mol. The topological polar surface area (TPSA) is 52.7 Å². The second-order valence-corrected chi connectivity index (χ2v) is 7.38. The predicted octanol–water partition coefficient (Wildman–Crippen LogP) is 2.50. The van der Waals surface area contributed by atoms with Crippen LogP contribution >= 0.6 is 0 Å². The molecule has 2 rings (SSSR count). The van der Waals surface area contributed by atoms with E-state index in [9.17, 15) is 9.59 Å². The average molecular weight is 345 g/mol. The van der Waals surface area contributed by atoms with Gasteiger partial charge in [-0.25, -0.2) is 0 Å². The van der Waals surface area contributed by atoms with Gasteiger partial charge in [0.05, 0.1) is 12.5 Å². The van der Waals surface area contributed by atoms with E-state index in [4.69, 9.17) is 0 Å². The molecule has 1 N–H and O–H groups in total. The van der Waals surface area contributed by atoms with Gasteiger partial charge in [-0.15, -0.1) is 0 Å². The van der Waals surface area contributed by atoms with Crippen LogP contribution in [-0.4, -0.2) is 54.3 Å². The zero-order valence-corrected chi connectivity index (χ0v) is 16.1. The Kier molecular flexibility index (Phi) is 6.59. The molecule has 1 aliphatic rings. The summed E-state index contributed by atoms with van der Waals surface area (Å²) in [5.74, 6) is -0.0324. The fourth-order valence-electron chi connectivity index (χ4n) is 3.43. The zero-order valence-electron chi connectivity index (χ0n) is 16.1. The van der Waals surface area contributed by atoms with Crippen LogP contribution in [0.1, 0.15) is 50.3 Å². The van der Waals surface area contributed by atoms with Crippen molar-refractivity contribution in [1.29, 1.82) is 0 Å². The molecule has 1 aromatic carbocycles. The van der Waals surface area contributed by atoms with Crippen molar-refractivity contribution in [2.75, 3.05) is 20.6 Å². The maximum atomic E-state index is 12.8. The van der Waals surface area contributed by atoms with Crippen molar-refractivity contribution >= 4 is 11.8 Å². The molecule has 0 aromatic heterocycles. The Morgan fingerprint density at radius 3 is 2.52 bits per heavy atom. The second kappa shape index (κ2) is 8.48. The first kappa shape index (κ1) is 19.4. The van der Waals surface area contributed by atoms with Crippen LogP contribution in [0.25, 0.3) is 0 Å². The van der Waals surface area contributed by atoms with Crippen LogP contribution in [0.5, 0.6) is 0 Å². The highest BCUT2D eigenvalue weighted by molar-refractivity contribution is 5.79. The van der Waals surface area contributed by atoms with Gasteiger partial charge >= 0.3 is 0 Å². The van der Waals surface area contributed by atoms with Crippen molar-refractivity contribution in [2.24, 2.45) is 0 Å². The van der Waals surface area contributed by atoms with Crippen molar-refractivity contribution in [3.05, 3.63) is 35.4 Å². The standard InChI is InChI=1S/C20H31N3O2/c1-14-6-8-17(9-7-14)19(21-16(3)24)13-20(25)23(5)18-10-11-22(4)15(2)12-18/h6-9,15,18-19H,10-13H2,1-5H3,(H,21,24). The van der Waals surface area contributed by atoms with Crippen molar-refractivity contribution in [2.45, 2.75) is 58.2 Å². The van der Waals surface area contributed by atoms with Gasteiger partial charge in [0, 0.05) is 32.6 Å². The Hall–Kier alpha value is -1.88. The van der Waals surface area contributed by atoms with Crippen molar-refractivity contribution < 1.29 is 9.59 Å². The third-order valence-corrected chi connectivity index (χ3v) is 5.36. The van der Waals surface area contributed by atoms with Crippen LogP contribution in [0, 0.1) is 6.92 Å². The van der Waals surface area contributed by atoms with Gasteiger partial charge in [-0.05, 0) is 39.3 Å². The quantitative estimate of drug-likeness (QED) is 0.892. The van der Waals surface area contributed by atoms with Gasteiger partial charge in [0.15, 0.2) is 0 Å². The molecule has 25 heavy (non-hydrogen) atoms. The van der Waals surface area contributed by atoms with Gasteiger partial charge in [-0.2, -0.15) is 0 Å². The number of carbonyl (C=O) groups excluding carboxylic acids is 2.